The number of benzene rings is 1. The van der Waals surface area contributed by atoms with Gasteiger partial charge in [-0.15, -0.1) is 0 Å². The van der Waals surface area contributed by atoms with Crippen molar-refractivity contribution < 1.29 is 4.74 Å². The van der Waals surface area contributed by atoms with E-state index < -0.39 is 0 Å². The third-order valence-electron chi connectivity index (χ3n) is 5.08. The summed E-state index contributed by atoms with van der Waals surface area (Å²) in [5.74, 6) is 0. The molecule has 1 aromatic carbocycles. The van der Waals surface area contributed by atoms with E-state index in [0.717, 1.165) is 32.8 Å². The van der Waals surface area contributed by atoms with E-state index in [1.54, 1.807) is 0 Å². The zero-order chi connectivity index (χ0) is 15.8. The van der Waals surface area contributed by atoms with E-state index in [-0.39, 0.29) is 11.0 Å². The van der Waals surface area contributed by atoms with Crippen LogP contribution in [0.5, 0.6) is 0 Å². The summed E-state index contributed by atoms with van der Waals surface area (Å²) in [6, 6.07) is 9.13. The van der Waals surface area contributed by atoms with Gasteiger partial charge in [0.05, 0.1) is 12.2 Å². The Kier molecular flexibility index (Phi) is 4.21. The first-order valence-electron chi connectivity index (χ1n) is 8.56. The maximum atomic E-state index is 6.22. The highest BCUT2D eigenvalue weighted by atomic mass is 16.5. The molecule has 1 spiro atoms. The standard InChI is InChI=1S/C19H30N2O/c1-18(2,3)16-6-8-17(9-7-16)21-11-5-10-19(15-21)14-20(4)12-13-22-19/h6-9H,5,10-15H2,1-4H3. The monoisotopic (exact) mass is 302 g/mol. The predicted molar refractivity (Wildman–Crippen MR) is 92.8 cm³/mol. The predicted octanol–water partition coefficient (Wildman–Crippen LogP) is 3.29. The molecule has 3 rings (SSSR count). The molecule has 0 amide bonds. The van der Waals surface area contributed by atoms with Gasteiger partial charge in [-0.3, -0.25) is 0 Å². The van der Waals surface area contributed by atoms with Crippen LogP contribution in [0.25, 0.3) is 0 Å². The molecule has 2 aliphatic rings. The number of piperidine rings is 1. The molecule has 1 atom stereocenters. The highest BCUT2D eigenvalue weighted by Crippen LogP contribution is 2.32. The second-order valence-corrected chi connectivity index (χ2v) is 8.09. The minimum absolute atomic E-state index is 0.0357. The van der Waals surface area contributed by atoms with Crippen molar-refractivity contribution in [1.29, 1.82) is 0 Å². The summed E-state index contributed by atoms with van der Waals surface area (Å²) in [6.45, 7) is 11.9. The molecule has 0 aromatic heterocycles. The van der Waals surface area contributed by atoms with Crippen LogP contribution in [0.1, 0.15) is 39.2 Å². The average molecular weight is 302 g/mol. The number of anilines is 1. The number of hydrogen-bond donors (Lipinski definition) is 0. The van der Waals surface area contributed by atoms with Gasteiger partial charge in [0.25, 0.3) is 0 Å². The molecule has 1 aromatic rings. The Hall–Kier alpha value is -1.06. The van der Waals surface area contributed by atoms with Crippen molar-refractivity contribution in [2.24, 2.45) is 0 Å². The van der Waals surface area contributed by atoms with Gasteiger partial charge in [-0.2, -0.15) is 0 Å². The number of ether oxygens (including phenoxy) is 1. The zero-order valence-corrected chi connectivity index (χ0v) is 14.6. The fourth-order valence-electron chi connectivity index (χ4n) is 3.77. The molecule has 2 saturated heterocycles. The first kappa shape index (κ1) is 15.8. The molecule has 0 bridgehead atoms. The van der Waals surface area contributed by atoms with Gasteiger partial charge in [-0.1, -0.05) is 32.9 Å². The molecule has 3 heteroatoms. The number of likely N-dealkylation sites (N-methyl/N-ethyl adjacent to an activating group) is 1. The van der Waals surface area contributed by atoms with Crippen LogP contribution < -0.4 is 4.90 Å². The van der Waals surface area contributed by atoms with Gasteiger partial charge in [-0.05, 0) is 43.0 Å². The molecule has 1 unspecified atom stereocenters. The lowest BCUT2D eigenvalue weighted by Crippen LogP contribution is -2.59. The average Bonchev–Trinajstić information content (AvgIpc) is 2.46. The van der Waals surface area contributed by atoms with Gasteiger partial charge in [0.2, 0.25) is 0 Å². The van der Waals surface area contributed by atoms with Crippen molar-refractivity contribution >= 4 is 5.69 Å². The molecule has 0 aliphatic carbocycles. The van der Waals surface area contributed by atoms with E-state index in [1.807, 2.05) is 0 Å². The Morgan fingerprint density at radius 3 is 2.41 bits per heavy atom. The van der Waals surface area contributed by atoms with Crippen LogP contribution in [0, 0.1) is 0 Å². The Morgan fingerprint density at radius 1 is 1.05 bits per heavy atom. The van der Waals surface area contributed by atoms with E-state index in [4.69, 9.17) is 4.74 Å². The van der Waals surface area contributed by atoms with Crippen molar-refractivity contribution in [3.8, 4) is 0 Å². The van der Waals surface area contributed by atoms with Crippen LogP contribution in [0.4, 0.5) is 5.69 Å². The molecule has 0 radical (unpaired) electrons. The van der Waals surface area contributed by atoms with Crippen molar-refractivity contribution in [2.75, 3.05) is 44.7 Å². The van der Waals surface area contributed by atoms with E-state index in [9.17, 15) is 0 Å². The summed E-state index contributed by atoms with van der Waals surface area (Å²) in [5, 5.41) is 0. The summed E-state index contributed by atoms with van der Waals surface area (Å²) < 4.78 is 6.22. The summed E-state index contributed by atoms with van der Waals surface area (Å²) in [5.41, 5.74) is 2.99. The fourth-order valence-corrected chi connectivity index (χ4v) is 3.77. The largest absolute Gasteiger partial charge is 0.370 e. The molecular formula is C19H30N2O. The van der Waals surface area contributed by atoms with Crippen molar-refractivity contribution in [3.05, 3.63) is 29.8 Å². The van der Waals surface area contributed by atoms with Gasteiger partial charge < -0.3 is 14.5 Å². The molecule has 0 N–H and O–H groups in total. The molecule has 2 heterocycles. The molecule has 3 nitrogen and oxygen atoms in total. The van der Waals surface area contributed by atoms with Crippen LogP contribution in [0.2, 0.25) is 0 Å². The van der Waals surface area contributed by atoms with Gasteiger partial charge in [0, 0.05) is 31.9 Å². The van der Waals surface area contributed by atoms with Crippen LogP contribution in [0.3, 0.4) is 0 Å². The van der Waals surface area contributed by atoms with E-state index >= 15 is 0 Å². The smallest absolute Gasteiger partial charge is 0.0983 e. The molecule has 0 saturated carbocycles. The molecular weight excluding hydrogens is 272 g/mol. The Bertz CT molecular complexity index is 501. The maximum Gasteiger partial charge on any atom is 0.0983 e. The molecule has 122 valence electrons. The third kappa shape index (κ3) is 3.31. The number of rotatable bonds is 1. The summed E-state index contributed by atoms with van der Waals surface area (Å²) in [7, 11) is 2.21. The first-order chi connectivity index (χ1) is 10.4. The minimum Gasteiger partial charge on any atom is -0.370 e. The van der Waals surface area contributed by atoms with Gasteiger partial charge >= 0.3 is 0 Å². The minimum atomic E-state index is 0.0357. The number of hydrogen-bond acceptors (Lipinski definition) is 3. The Morgan fingerprint density at radius 2 is 1.77 bits per heavy atom. The van der Waals surface area contributed by atoms with Gasteiger partial charge in [-0.25, -0.2) is 0 Å². The summed E-state index contributed by atoms with van der Waals surface area (Å²) >= 11 is 0. The fraction of sp³-hybridized carbons (Fsp3) is 0.684. The normalized spacial score (nSPS) is 27.4. The van der Waals surface area contributed by atoms with Crippen LogP contribution in [-0.4, -0.2) is 50.3 Å². The van der Waals surface area contributed by atoms with Crippen LogP contribution in [-0.2, 0) is 10.2 Å². The Labute approximate surface area is 135 Å². The second kappa shape index (κ2) is 5.86. The summed E-state index contributed by atoms with van der Waals surface area (Å²) in [6.07, 6.45) is 2.41. The lowest BCUT2D eigenvalue weighted by atomic mass is 9.86. The zero-order valence-electron chi connectivity index (χ0n) is 14.6. The topological polar surface area (TPSA) is 15.7 Å². The maximum absolute atomic E-state index is 6.22. The van der Waals surface area contributed by atoms with Gasteiger partial charge in [0.15, 0.2) is 0 Å². The SMILES string of the molecule is CN1CCOC2(CCCN(c3ccc(C(C)(C)C)cc3)C2)C1. The van der Waals surface area contributed by atoms with Crippen molar-refractivity contribution in [3.63, 3.8) is 0 Å². The van der Waals surface area contributed by atoms with Crippen molar-refractivity contribution in [2.45, 2.75) is 44.6 Å². The van der Waals surface area contributed by atoms with Crippen molar-refractivity contribution in [1.82, 2.24) is 4.90 Å². The highest BCUT2D eigenvalue weighted by molar-refractivity contribution is 5.49. The van der Waals surface area contributed by atoms with E-state index in [0.29, 0.717) is 0 Å². The molecule has 2 aliphatic heterocycles. The van der Waals surface area contributed by atoms with E-state index in [1.165, 1.54) is 24.1 Å². The highest BCUT2D eigenvalue weighted by Gasteiger charge is 2.39. The Balaban J connectivity index is 1.74. The lowest BCUT2D eigenvalue weighted by molar-refractivity contribution is -0.108. The summed E-state index contributed by atoms with van der Waals surface area (Å²) in [4.78, 5) is 4.92. The van der Waals surface area contributed by atoms with E-state index in [2.05, 4.69) is 61.9 Å². The van der Waals surface area contributed by atoms with Crippen LogP contribution >= 0.6 is 0 Å². The quantitative estimate of drug-likeness (QED) is 0.792. The molecule has 2 fully saturated rings. The number of nitrogens with zero attached hydrogens (tertiary/aromatic N) is 2. The molecule has 22 heavy (non-hydrogen) atoms. The third-order valence-corrected chi connectivity index (χ3v) is 5.08. The number of morpholine rings is 1. The second-order valence-electron chi connectivity index (χ2n) is 8.09. The van der Waals surface area contributed by atoms with Crippen LogP contribution in [0.15, 0.2) is 24.3 Å². The first-order valence-corrected chi connectivity index (χ1v) is 8.56. The lowest BCUT2D eigenvalue weighted by Gasteiger charge is -2.48. The van der Waals surface area contributed by atoms with Gasteiger partial charge in [0.1, 0.15) is 0 Å².